The number of rotatable bonds is 4. The van der Waals surface area contributed by atoms with Crippen LogP contribution in [0.1, 0.15) is 16.7 Å². The van der Waals surface area contributed by atoms with Gasteiger partial charge in [0.15, 0.2) is 5.96 Å². The minimum absolute atomic E-state index is 0.438. The van der Waals surface area contributed by atoms with Crippen LogP contribution in [0.3, 0.4) is 0 Å². The van der Waals surface area contributed by atoms with Gasteiger partial charge in [0.1, 0.15) is 0 Å². The third-order valence-corrected chi connectivity index (χ3v) is 4.05. The zero-order chi connectivity index (χ0) is 16.9. The van der Waals surface area contributed by atoms with Crippen molar-refractivity contribution in [2.75, 3.05) is 23.3 Å². The normalized spacial score (nSPS) is 14.2. The zero-order valence-corrected chi connectivity index (χ0v) is 14.3. The number of guanidine groups is 1. The van der Waals surface area contributed by atoms with E-state index in [9.17, 15) is 0 Å². The van der Waals surface area contributed by atoms with Gasteiger partial charge < -0.3 is 16.0 Å². The average molecular weight is 320 g/mol. The van der Waals surface area contributed by atoms with Crippen molar-refractivity contribution in [2.45, 2.75) is 20.4 Å². The largest absolute Gasteiger partial charge is 0.370 e. The molecule has 1 aliphatic heterocycles. The molecule has 0 saturated heterocycles. The molecular formula is C20H24N4. The van der Waals surface area contributed by atoms with E-state index in [2.05, 4.69) is 83.7 Å². The summed E-state index contributed by atoms with van der Waals surface area (Å²) in [5.41, 5.74) is 11.8. The third kappa shape index (κ3) is 4.16. The Hall–Kier alpha value is -2.75. The van der Waals surface area contributed by atoms with Crippen LogP contribution in [0, 0.1) is 13.8 Å². The van der Waals surface area contributed by atoms with E-state index in [0.29, 0.717) is 12.5 Å². The van der Waals surface area contributed by atoms with E-state index in [1.54, 1.807) is 0 Å². The van der Waals surface area contributed by atoms with Gasteiger partial charge in [0, 0.05) is 24.5 Å². The van der Waals surface area contributed by atoms with Gasteiger partial charge in [-0.15, -0.1) is 0 Å². The van der Waals surface area contributed by atoms with Crippen molar-refractivity contribution in [2.24, 2.45) is 10.7 Å². The van der Waals surface area contributed by atoms with E-state index in [4.69, 9.17) is 5.73 Å². The smallest absolute Gasteiger partial charge is 0.193 e. The van der Waals surface area contributed by atoms with Crippen LogP contribution < -0.4 is 16.0 Å². The number of hydrogen-bond acceptors (Lipinski definition) is 2. The molecule has 0 radical (unpaired) electrons. The van der Waals surface area contributed by atoms with Crippen molar-refractivity contribution in [1.82, 2.24) is 0 Å². The van der Waals surface area contributed by atoms with Gasteiger partial charge in [-0.3, -0.25) is 0 Å². The highest BCUT2D eigenvalue weighted by atomic mass is 15.1. The molecule has 24 heavy (non-hydrogen) atoms. The maximum Gasteiger partial charge on any atom is 0.193 e. The Kier molecular flexibility index (Phi) is 4.85. The van der Waals surface area contributed by atoms with Gasteiger partial charge in [0.05, 0.1) is 6.54 Å². The van der Waals surface area contributed by atoms with Crippen molar-refractivity contribution >= 4 is 17.3 Å². The Balaban J connectivity index is 1.60. The first kappa shape index (κ1) is 16.1. The molecule has 0 saturated carbocycles. The Bertz CT molecular complexity index is 731. The van der Waals surface area contributed by atoms with E-state index >= 15 is 0 Å². The second-order valence-corrected chi connectivity index (χ2v) is 6.25. The van der Waals surface area contributed by atoms with Crippen LogP contribution in [0.15, 0.2) is 59.6 Å². The van der Waals surface area contributed by atoms with Crippen molar-refractivity contribution in [3.8, 4) is 0 Å². The maximum atomic E-state index is 6.01. The number of benzene rings is 2. The molecule has 0 fully saturated rings. The summed E-state index contributed by atoms with van der Waals surface area (Å²) in [6.07, 6.45) is 4.38. The lowest BCUT2D eigenvalue weighted by molar-refractivity contribution is 1.000. The summed E-state index contributed by atoms with van der Waals surface area (Å²) in [6.45, 7) is 6.70. The number of nitrogens with one attached hydrogen (secondary N) is 1. The quantitative estimate of drug-likeness (QED) is 0.514. The van der Waals surface area contributed by atoms with Crippen LogP contribution in [0.25, 0.3) is 0 Å². The summed E-state index contributed by atoms with van der Waals surface area (Å²) >= 11 is 0. The average Bonchev–Trinajstić information content (AvgIpc) is 3.07. The van der Waals surface area contributed by atoms with Crippen molar-refractivity contribution in [3.05, 3.63) is 71.3 Å². The highest BCUT2D eigenvalue weighted by Crippen LogP contribution is 2.18. The van der Waals surface area contributed by atoms with Gasteiger partial charge in [-0.25, -0.2) is 4.99 Å². The Labute approximate surface area is 143 Å². The van der Waals surface area contributed by atoms with Crippen molar-refractivity contribution in [3.63, 3.8) is 0 Å². The fourth-order valence-corrected chi connectivity index (χ4v) is 2.91. The molecule has 0 spiro atoms. The number of nitrogens with two attached hydrogens (primary N) is 1. The van der Waals surface area contributed by atoms with Crippen molar-refractivity contribution < 1.29 is 0 Å². The molecule has 1 aliphatic rings. The number of anilines is 2. The first-order chi connectivity index (χ1) is 11.6. The maximum absolute atomic E-state index is 6.01. The van der Waals surface area contributed by atoms with Crippen LogP contribution in [-0.4, -0.2) is 19.0 Å². The van der Waals surface area contributed by atoms with Gasteiger partial charge in [-0.1, -0.05) is 30.4 Å². The fourth-order valence-electron chi connectivity index (χ4n) is 2.91. The highest BCUT2D eigenvalue weighted by Gasteiger charge is 2.06. The second kappa shape index (κ2) is 7.21. The molecule has 4 nitrogen and oxygen atoms in total. The highest BCUT2D eigenvalue weighted by molar-refractivity contribution is 5.92. The summed E-state index contributed by atoms with van der Waals surface area (Å²) in [7, 11) is 0. The summed E-state index contributed by atoms with van der Waals surface area (Å²) in [6, 6.07) is 14.8. The predicted molar refractivity (Wildman–Crippen MR) is 103 cm³/mol. The molecule has 0 aromatic heterocycles. The molecule has 4 heteroatoms. The molecule has 124 valence electrons. The first-order valence-corrected chi connectivity index (χ1v) is 8.24. The summed E-state index contributed by atoms with van der Waals surface area (Å²) in [5.74, 6) is 0.438. The molecule has 0 bridgehead atoms. The lowest BCUT2D eigenvalue weighted by Crippen LogP contribution is -2.22. The SMILES string of the molecule is Cc1cc(C)cc(NC(N)=NCc2ccc(N3CC=CC3)cc2)c1. The van der Waals surface area contributed by atoms with Crippen LogP contribution in [-0.2, 0) is 6.54 Å². The Morgan fingerprint density at radius 1 is 1.04 bits per heavy atom. The summed E-state index contributed by atoms with van der Waals surface area (Å²) in [4.78, 5) is 6.76. The van der Waals surface area contributed by atoms with E-state index < -0.39 is 0 Å². The molecule has 2 aromatic rings. The summed E-state index contributed by atoms with van der Waals surface area (Å²) < 4.78 is 0. The minimum atomic E-state index is 0.438. The molecule has 3 rings (SSSR count). The van der Waals surface area contributed by atoms with E-state index in [1.165, 1.54) is 16.8 Å². The Morgan fingerprint density at radius 3 is 2.29 bits per heavy atom. The summed E-state index contributed by atoms with van der Waals surface area (Å²) in [5, 5.41) is 3.16. The molecule has 1 heterocycles. The van der Waals surface area contributed by atoms with Gasteiger partial charge in [0.25, 0.3) is 0 Å². The second-order valence-electron chi connectivity index (χ2n) is 6.25. The van der Waals surface area contributed by atoms with Crippen LogP contribution >= 0.6 is 0 Å². The fraction of sp³-hybridized carbons (Fsp3) is 0.250. The molecule has 0 unspecified atom stereocenters. The van der Waals surface area contributed by atoms with Crippen molar-refractivity contribution in [1.29, 1.82) is 0 Å². The zero-order valence-electron chi connectivity index (χ0n) is 14.3. The number of aryl methyl sites for hydroxylation is 2. The van der Waals surface area contributed by atoms with Gasteiger partial charge in [0.2, 0.25) is 0 Å². The molecule has 0 aliphatic carbocycles. The predicted octanol–water partition coefficient (Wildman–Crippen LogP) is 3.61. The van der Waals surface area contributed by atoms with Gasteiger partial charge in [-0.2, -0.15) is 0 Å². The third-order valence-electron chi connectivity index (χ3n) is 4.05. The molecule has 0 amide bonds. The number of aliphatic imine (C=N–C) groups is 1. The van der Waals surface area contributed by atoms with Crippen LogP contribution in [0.2, 0.25) is 0 Å². The van der Waals surface area contributed by atoms with Crippen LogP contribution in [0.5, 0.6) is 0 Å². The number of nitrogens with zero attached hydrogens (tertiary/aromatic N) is 2. The number of hydrogen-bond donors (Lipinski definition) is 2. The monoisotopic (exact) mass is 320 g/mol. The van der Waals surface area contributed by atoms with Gasteiger partial charge >= 0.3 is 0 Å². The lowest BCUT2D eigenvalue weighted by Gasteiger charge is -2.17. The molecule has 3 N–H and O–H groups in total. The van der Waals surface area contributed by atoms with E-state index in [1.807, 2.05) is 0 Å². The molecule has 0 atom stereocenters. The van der Waals surface area contributed by atoms with Crippen LogP contribution in [0.4, 0.5) is 11.4 Å². The minimum Gasteiger partial charge on any atom is -0.370 e. The lowest BCUT2D eigenvalue weighted by atomic mass is 10.1. The molecule has 2 aromatic carbocycles. The van der Waals surface area contributed by atoms with Gasteiger partial charge in [-0.05, 0) is 54.8 Å². The van der Waals surface area contributed by atoms with E-state index in [-0.39, 0.29) is 0 Å². The van der Waals surface area contributed by atoms with E-state index in [0.717, 1.165) is 24.3 Å². The first-order valence-electron chi connectivity index (χ1n) is 8.24. The molecular weight excluding hydrogens is 296 g/mol. The standard InChI is InChI=1S/C20H24N4/c1-15-11-16(2)13-18(12-15)23-20(21)22-14-17-5-7-19(8-6-17)24-9-3-4-10-24/h3-8,11-13H,9-10,14H2,1-2H3,(H3,21,22,23). The Morgan fingerprint density at radius 2 is 1.67 bits per heavy atom. The topological polar surface area (TPSA) is 53.6 Å².